The second kappa shape index (κ2) is 8.04. The summed E-state index contributed by atoms with van der Waals surface area (Å²) in [6, 6.07) is 14.9. The van der Waals surface area contributed by atoms with Crippen molar-refractivity contribution in [3.8, 4) is 11.5 Å². The number of carbonyl (C=O) groups excluding carboxylic acids is 1. The molecule has 0 aliphatic carbocycles. The van der Waals surface area contributed by atoms with Crippen LogP contribution >= 0.6 is 12.2 Å². The van der Waals surface area contributed by atoms with Crippen molar-refractivity contribution in [1.29, 1.82) is 0 Å². The van der Waals surface area contributed by atoms with Gasteiger partial charge in [-0.2, -0.15) is 4.98 Å². The van der Waals surface area contributed by atoms with Gasteiger partial charge in [-0.25, -0.2) is 4.98 Å². The first kappa shape index (κ1) is 19.7. The number of nitrogens with zero attached hydrogens (tertiary/aromatic N) is 2. The lowest BCUT2D eigenvalue weighted by atomic mass is 10.1. The number of pyridine rings is 1. The lowest BCUT2D eigenvalue weighted by Crippen LogP contribution is -2.34. The van der Waals surface area contributed by atoms with Gasteiger partial charge in [0.05, 0.1) is 0 Å². The van der Waals surface area contributed by atoms with Gasteiger partial charge in [-0.05, 0) is 92.1 Å². The van der Waals surface area contributed by atoms with Crippen LogP contribution in [0, 0.1) is 20.8 Å². The number of oxazole rings is 1. The van der Waals surface area contributed by atoms with Gasteiger partial charge < -0.3 is 9.73 Å². The van der Waals surface area contributed by atoms with E-state index in [0.717, 1.165) is 27.9 Å². The molecular weight excluding hydrogens is 396 g/mol. The number of amides is 1. The van der Waals surface area contributed by atoms with Crippen LogP contribution in [-0.2, 0) is 0 Å². The summed E-state index contributed by atoms with van der Waals surface area (Å²) in [6.07, 6.45) is 1.68. The van der Waals surface area contributed by atoms with Crippen molar-refractivity contribution in [2.45, 2.75) is 20.8 Å². The quantitative estimate of drug-likeness (QED) is 0.461. The molecule has 0 saturated carbocycles. The number of rotatable bonds is 3. The van der Waals surface area contributed by atoms with Crippen molar-refractivity contribution >= 4 is 40.2 Å². The van der Waals surface area contributed by atoms with Gasteiger partial charge in [0.25, 0.3) is 5.91 Å². The maximum absolute atomic E-state index is 12.5. The van der Waals surface area contributed by atoms with Crippen molar-refractivity contribution < 1.29 is 9.21 Å². The summed E-state index contributed by atoms with van der Waals surface area (Å²) in [4.78, 5) is 21.1. The molecule has 2 heterocycles. The van der Waals surface area contributed by atoms with Crippen LogP contribution in [0.1, 0.15) is 27.0 Å². The highest BCUT2D eigenvalue weighted by atomic mass is 32.1. The molecule has 0 saturated heterocycles. The molecule has 6 nitrogen and oxygen atoms in total. The van der Waals surface area contributed by atoms with Gasteiger partial charge in [-0.1, -0.05) is 6.07 Å². The van der Waals surface area contributed by atoms with E-state index < -0.39 is 0 Å². The molecule has 0 bridgehead atoms. The van der Waals surface area contributed by atoms with Gasteiger partial charge in [0.15, 0.2) is 16.3 Å². The predicted molar refractivity (Wildman–Crippen MR) is 122 cm³/mol. The number of nitrogens with one attached hydrogen (secondary N) is 2. The summed E-state index contributed by atoms with van der Waals surface area (Å²) < 4.78 is 5.77. The van der Waals surface area contributed by atoms with Crippen LogP contribution in [0.2, 0.25) is 0 Å². The number of aromatic nitrogens is 2. The first-order chi connectivity index (χ1) is 14.4. The first-order valence-corrected chi connectivity index (χ1v) is 9.84. The highest BCUT2D eigenvalue weighted by Gasteiger charge is 2.12. The molecule has 0 fully saturated rings. The third-order valence-electron chi connectivity index (χ3n) is 4.88. The van der Waals surface area contributed by atoms with Gasteiger partial charge in [-0.15, -0.1) is 0 Å². The predicted octanol–water partition coefficient (Wildman–Crippen LogP) is 4.94. The Kier molecular flexibility index (Phi) is 5.29. The van der Waals surface area contributed by atoms with E-state index >= 15 is 0 Å². The molecular formula is C23H20N4O2S. The monoisotopic (exact) mass is 416 g/mol. The number of carbonyl (C=O) groups is 1. The molecule has 150 valence electrons. The minimum atomic E-state index is -0.246. The zero-order chi connectivity index (χ0) is 21.3. The number of hydrogen-bond donors (Lipinski definition) is 2. The third-order valence-corrected chi connectivity index (χ3v) is 5.09. The highest BCUT2D eigenvalue weighted by Crippen LogP contribution is 2.26. The van der Waals surface area contributed by atoms with Crippen molar-refractivity contribution in [1.82, 2.24) is 15.3 Å². The Hall–Kier alpha value is -3.58. The Balaban J connectivity index is 1.47. The first-order valence-electron chi connectivity index (χ1n) is 9.43. The van der Waals surface area contributed by atoms with Gasteiger partial charge in [0.1, 0.15) is 0 Å². The standard InChI is InChI=1S/C23H20N4O2S/c1-13-6-7-16(11-14(13)2)21(28)27-23(30)25-18-9-8-17(12-15(18)3)22-26-20-19(29-22)5-4-10-24-20/h4-12H,1-3H3,(H2,25,27,28,30). The summed E-state index contributed by atoms with van der Waals surface area (Å²) in [6.45, 7) is 5.92. The number of fused-ring (bicyclic) bond motifs is 1. The summed E-state index contributed by atoms with van der Waals surface area (Å²) in [5.74, 6) is 0.257. The molecule has 0 aliphatic rings. The van der Waals surface area contributed by atoms with Gasteiger partial charge in [0.2, 0.25) is 5.89 Å². The number of benzene rings is 2. The maximum Gasteiger partial charge on any atom is 0.257 e. The summed E-state index contributed by atoms with van der Waals surface area (Å²) in [7, 11) is 0. The Morgan fingerprint density at radius 1 is 1.00 bits per heavy atom. The Morgan fingerprint density at radius 3 is 2.57 bits per heavy atom. The average molecular weight is 417 g/mol. The number of anilines is 1. The molecule has 2 aromatic carbocycles. The third kappa shape index (κ3) is 4.06. The van der Waals surface area contributed by atoms with Crippen LogP contribution < -0.4 is 10.6 Å². The second-order valence-electron chi connectivity index (χ2n) is 7.08. The van der Waals surface area contributed by atoms with Crippen LogP contribution in [0.3, 0.4) is 0 Å². The van der Waals surface area contributed by atoms with Crippen LogP contribution in [-0.4, -0.2) is 21.0 Å². The molecule has 2 N–H and O–H groups in total. The summed E-state index contributed by atoms with van der Waals surface area (Å²) in [5.41, 5.74) is 6.54. The van der Waals surface area contributed by atoms with Gasteiger partial charge in [0, 0.05) is 23.0 Å². The van der Waals surface area contributed by atoms with Crippen molar-refractivity contribution in [3.05, 3.63) is 77.0 Å². The molecule has 2 aromatic heterocycles. The minimum absolute atomic E-state index is 0.236. The fourth-order valence-corrected chi connectivity index (χ4v) is 3.24. The largest absolute Gasteiger partial charge is 0.434 e. The van der Waals surface area contributed by atoms with E-state index in [-0.39, 0.29) is 11.0 Å². The highest BCUT2D eigenvalue weighted by molar-refractivity contribution is 7.80. The normalized spacial score (nSPS) is 10.8. The van der Waals surface area contributed by atoms with Crippen LogP contribution in [0.5, 0.6) is 0 Å². The lowest BCUT2D eigenvalue weighted by molar-refractivity contribution is 0.0977. The summed E-state index contributed by atoms with van der Waals surface area (Å²) in [5, 5.41) is 6.04. The maximum atomic E-state index is 12.5. The number of thiocarbonyl (C=S) groups is 1. The van der Waals surface area contributed by atoms with Crippen LogP contribution in [0.25, 0.3) is 22.7 Å². The molecule has 0 unspecified atom stereocenters. The Bertz CT molecular complexity index is 1250. The molecule has 0 spiro atoms. The fourth-order valence-electron chi connectivity index (χ4n) is 3.04. The summed E-state index contributed by atoms with van der Waals surface area (Å²) >= 11 is 5.32. The van der Waals surface area contributed by atoms with E-state index in [1.807, 2.05) is 63.2 Å². The molecule has 30 heavy (non-hydrogen) atoms. The van der Waals surface area contributed by atoms with E-state index in [9.17, 15) is 4.79 Å². The molecule has 0 aliphatic heterocycles. The molecule has 0 radical (unpaired) electrons. The minimum Gasteiger partial charge on any atom is -0.434 e. The van der Waals surface area contributed by atoms with Crippen molar-refractivity contribution in [3.63, 3.8) is 0 Å². The molecule has 0 atom stereocenters. The van der Waals surface area contributed by atoms with E-state index in [1.54, 1.807) is 12.3 Å². The van der Waals surface area contributed by atoms with E-state index in [4.69, 9.17) is 16.6 Å². The number of hydrogen-bond acceptors (Lipinski definition) is 5. The van der Waals surface area contributed by atoms with Crippen LogP contribution in [0.15, 0.2) is 59.1 Å². The number of aryl methyl sites for hydroxylation is 3. The lowest BCUT2D eigenvalue weighted by Gasteiger charge is -2.13. The smallest absolute Gasteiger partial charge is 0.257 e. The molecule has 4 aromatic rings. The Morgan fingerprint density at radius 2 is 1.83 bits per heavy atom. The zero-order valence-corrected chi connectivity index (χ0v) is 17.6. The average Bonchev–Trinajstić information content (AvgIpc) is 3.15. The molecule has 1 amide bonds. The zero-order valence-electron chi connectivity index (χ0n) is 16.8. The van der Waals surface area contributed by atoms with Crippen LogP contribution in [0.4, 0.5) is 5.69 Å². The van der Waals surface area contributed by atoms with E-state index in [1.165, 1.54) is 0 Å². The van der Waals surface area contributed by atoms with Crippen molar-refractivity contribution in [2.75, 3.05) is 5.32 Å². The topological polar surface area (TPSA) is 80.0 Å². The van der Waals surface area contributed by atoms with Gasteiger partial charge in [-0.3, -0.25) is 10.1 Å². The van der Waals surface area contributed by atoms with Crippen molar-refractivity contribution in [2.24, 2.45) is 0 Å². The molecule has 7 heteroatoms. The fraction of sp³-hybridized carbons (Fsp3) is 0.130. The van der Waals surface area contributed by atoms with Gasteiger partial charge >= 0.3 is 0 Å². The Labute approximate surface area is 179 Å². The van der Waals surface area contributed by atoms with E-state index in [0.29, 0.717) is 22.7 Å². The second-order valence-corrected chi connectivity index (χ2v) is 7.49. The SMILES string of the molecule is Cc1ccc(C(=O)NC(=S)Nc2ccc(-c3nc4ncccc4o3)cc2C)cc1C. The van der Waals surface area contributed by atoms with E-state index in [2.05, 4.69) is 20.6 Å². The molecule has 4 rings (SSSR count).